The Labute approximate surface area is 152 Å². The highest BCUT2D eigenvalue weighted by molar-refractivity contribution is 7.92. The largest absolute Gasteiger partial charge is 0.343 e. The van der Waals surface area contributed by atoms with E-state index < -0.39 is 10.0 Å². The zero-order valence-electron chi connectivity index (χ0n) is 15.8. The minimum absolute atomic E-state index is 0.0126. The van der Waals surface area contributed by atoms with Crippen LogP contribution in [0.15, 0.2) is 24.3 Å². The normalized spacial score (nSPS) is 15.9. The van der Waals surface area contributed by atoms with E-state index in [4.69, 9.17) is 0 Å². The monoisotopic (exact) mass is 366 g/mol. The third-order valence-corrected chi connectivity index (χ3v) is 5.85. The fourth-order valence-electron chi connectivity index (χ4n) is 3.11. The first-order valence-corrected chi connectivity index (χ1v) is 10.8. The molecule has 0 unspecified atom stereocenters. The lowest BCUT2D eigenvalue weighted by molar-refractivity contribution is -0.131. The Kier molecular flexibility index (Phi) is 6.14. The number of carbonyl (C=O) groups excluding carboxylic acids is 1. The molecule has 0 N–H and O–H groups in total. The van der Waals surface area contributed by atoms with E-state index >= 15 is 0 Å². The zero-order chi connectivity index (χ0) is 18.7. The molecule has 0 saturated carbocycles. The predicted molar refractivity (Wildman–Crippen MR) is 102 cm³/mol. The molecule has 1 amide bonds. The smallest absolute Gasteiger partial charge is 0.232 e. The molecule has 0 aromatic heterocycles. The number of likely N-dealkylation sites (tertiary alicyclic amines) is 1. The molecular formula is C19H30N2O3S. The van der Waals surface area contributed by atoms with Gasteiger partial charge in [-0.3, -0.25) is 9.10 Å². The predicted octanol–water partition coefficient (Wildman–Crippen LogP) is 3.15. The fraction of sp³-hybridized carbons (Fsp3) is 0.632. The molecule has 2 rings (SSSR count). The first-order chi connectivity index (χ1) is 11.6. The molecule has 1 saturated heterocycles. The van der Waals surface area contributed by atoms with E-state index in [0.717, 1.165) is 31.5 Å². The van der Waals surface area contributed by atoms with Crippen LogP contribution in [-0.4, -0.2) is 45.1 Å². The molecule has 0 atom stereocenters. The maximum absolute atomic E-state index is 12.4. The number of hydrogen-bond donors (Lipinski definition) is 0. The van der Waals surface area contributed by atoms with Crippen molar-refractivity contribution in [2.45, 2.75) is 51.9 Å². The zero-order valence-corrected chi connectivity index (χ0v) is 16.6. The van der Waals surface area contributed by atoms with Crippen LogP contribution in [0.2, 0.25) is 0 Å². The molecule has 140 valence electrons. The third kappa shape index (κ3) is 5.46. The van der Waals surface area contributed by atoms with Gasteiger partial charge in [0.1, 0.15) is 0 Å². The molecule has 1 aliphatic heterocycles. The quantitative estimate of drug-likeness (QED) is 0.804. The molecule has 5 nitrogen and oxygen atoms in total. The van der Waals surface area contributed by atoms with E-state index in [1.807, 2.05) is 29.2 Å². The molecule has 25 heavy (non-hydrogen) atoms. The number of carbonyl (C=O) groups is 1. The number of benzene rings is 1. The summed E-state index contributed by atoms with van der Waals surface area (Å²) in [5.74, 6) is 0.0414. The van der Waals surface area contributed by atoms with Crippen LogP contribution in [0.1, 0.15) is 52.0 Å². The molecule has 0 aliphatic carbocycles. The van der Waals surface area contributed by atoms with Crippen molar-refractivity contribution >= 4 is 21.6 Å². The van der Waals surface area contributed by atoms with Crippen molar-refractivity contribution in [3.63, 3.8) is 0 Å². The van der Waals surface area contributed by atoms with E-state index in [0.29, 0.717) is 5.69 Å². The van der Waals surface area contributed by atoms with Gasteiger partial charge in [0.2, 0.25) is 15.9 Å². The van der Waals surface area contributed by atoms with Crippen molar-refractivity contribution in [2.75, 3.05) is 30.2 Å². The third-order valence-electron chi connectivity index (χ3n) is 4.66. The first kappa shape index (κ1) is 19.8. The summed E-state index contributed by atoms with van der Waals surface area (Å²) in [7, 11) is -3.43. The lowest BCUT2D eigenvalue weighted by atomic mass is 9.87. The molecular weight excluding hydrogens is 336 g/mol. The summed E-state index contributed by atoms with van der Waals surface area (Å²) in [6.07, 6.45) is 4.65. The van der Waals surface area contributed by atoms with Crippen molar-refractivity contribution in [2.24, 2.45) is 0 Å². The van der Waals surface area contributed by atoms with Crippen molar-refractivity contribution in [1.82, 2.24) is 4.90 Å². The first-order valence-electron chi connectivity index (χ1n) is 8.95. The van der Waals surface area contributed by atoms with Gasteiger partial charge >= 0.3 is 0 Å². The number of piperidine rings is 1. The van der Waals surface area contributed by atoms with Crippen LogP contribution in [0.25, 0.3) is 0 Å². The number of sulfonamides is 1. The lowest BCUT2D eigenvalue weighted by Crippen LogP contribution is -2.39. The van der Waals surface area contributed by atoms with Gasteiger partial charge in [0.15, 0.2) is 0 Å². The minimum atomic E-state index is -3.43. The summed E-state index contributed by atoms with van der Waals surface area (Å²) in [5, 5.41) is 0. The Morgan fingerprint density at radius 1 is 1.08 bits per heavy atom. The van der Waals surface area contributed by atoms with Gasteiger partial charge in [-0.25, -0.2) is 8.42 Å². The molecule has 0 radical (unpaired) electrons. The molecule has 6 heteroatoms. The van der Waals surface area contributed by atoms with Crippen LogP contribution in [0.3, 0.4) is 0 Å². The molecule has 1 aliphatic rings. The highest BCUT2D eigenvalue weighted by Crippen LogP contribution is 2.26. The average molecular weight is 367 g/mol. The van der Waals surface area contributed by atoms with Crippen LogP contribution in [0.5, 0.6) is 0 Å². The van der Waals surface area contributed by atoms with Gasteiger partial charge in [-0.1, -0.05) is 32.9 Å². The molecule has 1 aromatic carbocycles. The molecule has 0 spiro atoms. The lowest BCUT2D eigenvalue weighted by Gasteiger charge is -2.28. The molecule has 1 heterocycles. The molecule has 0 bridgehead atoms. The number of anilines is 1. The van der Waals surface area contributed by atoms with Gasteiger partial charge in [0, 0.05) is 26.1 Å². The Bertz CT molecular complexity index is 684. The fourth-order valence-corrected chi connectivity index (χ4v) is 4.04. The average Bonchev–Trinajstić information content (AvgIpc) is 2.54. The van der Waals surface area contributed by atoms with Crippen LogP contribution in [0, 0.1) is 0 Å². The van der Waals surface area contributed by atoms with Crippen LogP contribution in [0.4, 0.5) is 5.69 Å². The van der Waals surface area contributed by atoms with Crippen LogP contribution < -0.4 is 4.31 Å². The van der Waals surface area contributed by atoms with E-state index in [1.54, 1.807) is 0 Å². The second kappa shape index (κ2) is 7.77. The van der Waals surface area contributed by atoms with E-state index in [1.165, 1.54) is 17.0 Å². The van der Waals surface area contributed by atoms with Crippen molar-refractivity contribution in [1.29, 1.82) is 0 Å². The minimum Gasteiger partial charge on any atom is -0.343 e. The summed E-state index contributed by atoms with van der Waals surface area (Å²) in [6, 6.07) is 7.57. The number of rotatable bonds is 5. The highest BCUT2D eigenvalue weighted by Gasteiger charge is 2.22. The van der Waals surface area contributed by atoms with Gasteiger partial charge in [-0.05, 0) is 42.4 Å². The van der Waals surface area contributed by atoms with E-state index in [-0.39, 0.29) is 24.3 Å². The van der Waals surface area contributed by atoms with Crippen molar-refractivity contribution < 1.29 is 13.2 Å². The van der Waals surface area contributed by atoms with Gasteiger partial charge in [0.25, 0.3) is 0 Å². The Balaban J connectivity index is 2.10. The SMILES string of the molecule is CC(C)(C)c1ccc(N(CCC(=O)N2CCCCC2)S(C)(=O)=O)cc1. The van der Waals surface area contributed by atoms with Gasteiger partial charge in [0.05, 0.1) is 11.9 Å². The maximum Gasteiger partial charge on any atom is 0.232 e. The number of hydrogen-bond acceptors (Lipinski definition) is 3. The number of amides is 1. The summed E-state index contributed by atoms with van der Waals surface area (Å²) in [4.78, 5) is 14.2. The highest BCUT2D eigenvalue weighted by atomic mass is 32.2. The Hall–Kier alpha value is -1.56. The van der Waals surface area contributed by atoms with Gasteiger partial charge in [-0.2, -0.15) is 0 Å². The second-order valence-electron chi connectivity index (χ2n) is 7.82. The van der Waals surface area contributed by atoms with E-state index in [2.05, 4.69) is 20.8 Å². The van der Waals surface area contributed by atoms with Crippen LogP contribution >= 0.6 is 0 Å². The Morgan fingerprint density at radius 2 is 1.64 bits per heavy atom. The van der Waals surface area contributed by atoms with Crippen molar-refractivity contribution in [3.05, 3.63) is 29.8 Å². The molecule has 1 aromatic rings. The summed E-state index contributed by atoms with van der Waals surface area (Å²) < 4.78 is 25.7. The molecule has 1 fully saturated rings. The van der Waals surface area contributed by atoms with E-state index in [9.17, 15) is 13.2 Å². The summed E-state index contributed by atoms with van der Waals surface area (Å²) in [6.45, 7) is 8.12. The summed E-state index contributed by atoms with van der Waals surface area (Å²) >= 11 is 0. The van der Waals surface area contributed by atoms with Gasteiger partial charge in [-0.15, -0.1) is 0 Å². The Morgan fingerprint density at radius 3 is 2.12 bits per heavy atom. The summed E-state index contributed by atoms with van der Waals surface area (Å²) in [5.41, 5.74) is 1.77. The maximum atomic E-state index is 12.4. The standard InChI is InChI=1S/C19H30N2O3S/c1-19(2,3)16-8-10-17(11-9-16)21(25(4,23)24)15-12-18(22)20-13-6-5-7-14-20/h8-11H,5-7,12-15H2,1-4H3. The topological polar surface area (TPSA) is 57.7 Å². The van der Waals surface area contributed by atoms with Crippen LogP contribution in [-0.2, 0) is 20.2 Å². The second-order valence-corrected chi connectivity index (χ2v) is 9.73. The van der Waals surface area contributed by atoms with Crippen molar-refractivity contribution in [3.8, 4) is 0 Å². The number of nitrogens with zero attached hydrogens (tertiary/aromatic N) is 2. The van der Waals surface area contributed by atoms with Gasteiger partial charge < -0.3 is 4.90 Å².